The van der Waals surface area contributed by atoms with Gasteiger partial charge in [0.2, 0.25) is 0 Å². The molecule has 0 aliphatic carbocycles. The Morgan fingerprint density at radius 3 is 1.90 bits per heavy atom. The second-order valence-corrected chi connectivity index (χ2v) is 1.49. The minimum atomic E-state index is 0. The van der Waals surface area contributed by atoms with Crippen molar-refractivity contribution in [2.45, 2.75) is 0 Å². The summed E-state index contributed by atoms with van der Waals surface area (Å²) in [6.45, 7) is 0. The Hall–Kier alpha value is -0.116. The Morgan fingerprint density at radius 1 is 1.10 bits per heavy atom. The molecule has 0 N–H and O–H groups in total. The van der Waals surface area contributed by atoms with Gasteiger partial charge in [-0.05, 0) is 0 Å². The fraction of sp³-hybridized carbons (Fsp3) is 0. The molecule has 0 fully saturated rings. The summed E-state index contributed by atoms with van der Waals surface area (Å²) >= 11 is 0. The maximum absolute atomic E-state index is 6.69. The summed E-state index contributed by atoms with van der Waals surface area (Å²) in [6, 6.07) is 9.37. The molecule has 0 saturated heterocycles. The summed E-state index contributed by atoms with van der Waals surface area (Å²) < 4.78 is 0. The van der Waals surface area contributed by atoms with Gasteiger partial charge in [0.05, 0.1) is 0 Å². The van der Waals surface area contributed by atoms with E-state index in [1.165, 1.54) is 0 Å². The predicted octanol–water partition coefficient (Wildman–Crippen LogP) is 2.07. The fourth-order valence-electron chi connectivity index (χ4n) is 0.521. The van der Waals surface area contributed by atoms with Crippen molar-refractivity contribution in [2.24, 2.45) is 0 Å². The first kappa shape index (κ1) is 12.6. The normalized spacial score (nSPS) is 6.30. The molecular formula is C9H8Y+. The Bertz CT molecular complexity index is 196. The third-order valence-electron chi connectivity index (χ3n) is 0.918. The van der Waals surface area contributed by atoms with Crippen molar-refractivity contribution in [3.63, 3.8) is 0 Å². The van der Waals surface area contributed by atoms with Crippen LogP contribution in [0.4, 0.5) is 0 Å². The van der Waals surface area contributed by atoms with E-state index in [9.17, 15) is 0 Å². The summed E-state index contributed by atoms with van der Waals surface area (Å²) in [6.07, 6.45) is 6.69. The van der Waals surface area contributed by atoms with E-state index in [2.05, 4.69) is 5.92 Å². The monoisotopic (exact) mass is 205 g/mol. The van der Waals surface area contributed by atoms with Crippen LogP contribution in [0.1, 0.15) is 5.56 Å². The van der Waals surface area contributed by atoms with Gasteiger partial charge in [-0.2, -0.15) is 0 Å². The number of hydrogen-bond acceptors (Lipinski definition) is 0. The molecule has 1 heteroatoms. The van der Waals surface area contributed by atoms with Crippen LogP contribution in [-0.4, -0.2) is 0 Å². The van der Waals surface area contributed by atoms with Gasteiger partial charge in [-0.15, -0.1) is 17.7 Å². The molecule has 0 aromatic heterocycles. The Morgan fingerprint density at radius 2 is 1.60 bits per heavy atom. The third-order valence-corrected chi connectivity index (χ3v) is 0.918. The number of hydrogen-bond donors (Lipinski definition) is 0. The minimum absolute atomic E-state index is 0. The smallest absolute Gasteiger partial charge is 0.366 e. The molecule has 0 aliphatic rings. The molecule has 1 rings (SSSR count). The molecule has 1 aromatic carbocycles. The van der Waals surface area contributed by atoms with Gasteiger partial charge in [0, 0.05) is 0 Å². The van der Waals surface area contributed by atoms with Crippen LogP contribution in [0.3, 0.4) is 0 Å². The summed E-state index contributed by atoms with van der Waals surface area (Å²) in [5, 5.41) is 0. The Balaban J connectivity index is 0. The molecule has 0 radical (unpaired) electrons. The van der Waals surface area contributed by atoms with Gasteiger partial charge < -0.3 is 13.9 Å². The minimum Gasteiger partial charge on any atom is -0.366 e. The summed E-state index contributed by atoms with van der Waals surface area (Å²) in [5.41, 5.74) is 0.826. The molecule has 0 aliphatic heterocycles. The zero-order valence-electron chi connectivity index (χ0n) is 5.96. The predicted molar refractivity (Wildman–Crippen MR) is 39.1 cm³/mol. The fourth-order valence-corrected chi connectivity index (χ4v) is 0.521. The maximum Gasteiger partial charge on any atom is 3.00 e. The van der Waals surface area contributed by atoms with Gasteiger partial charge in [-0.1, -0.05) is 18.2 Å². The van der Waals surface area contributed by atoms with Crippen molar-refractivity contribution in [1.82, 2.24) is 0 Å². The first-order chi connectivity index (χ1) is 3.93. The van der Waals surface area contributed by atoms with Crippen LogP contribution in [0.25, 0.3) is 0 Å². The molecule has 0 spiro atoms. The molecule has 1 aromatic rings. The van der Waals surface area contributed by atoms with E-state index in [-0.39, 0.29) is 40.1 Å². The van der Waals surface area contributed by atoms with Crippen LogP contribution in [0.15, 0.2) is 30.3 Å². The Kier molecular flexibility index (Phi) is 8.78. The maximum atomic E-state index is 6.69. The second-order valence-electron chi connectivity index (χ2n) is 1.49. The molecule has 46 valence electrons. The van der Waals surface area contributed by atoms with Gasteiger partial charge in [0.15, 0.2) is 0 Å². The molecule has 0 amide bonds. The molecule has 0 unspecified atom stereocenters. The molecule has 0 heterocycles. The van der Waals surface area contributed by atoms with Gasteiger partial charge in [-0.3, -0.25) is 5.92 Å². The molecule has 0 atom stereocenters. The van der Waals surface area contributed by atoms with Crippen LogP contribution in [0, 0.1) is 19.8 Å². The zero-order chi connectivity index (χ0) is 5.82. The number of benzene rings is 1. The quantitative estimate of drug-likeness (QED) is 0.449. The van der Waals surface area contributed by atoms with E-state index in [1.807, 2.05) is 30.3 Å². The van der Waals surface area contributed by atoms with Crippen LogP contribution in [0.5, 0.6) is 0 Å². The van der Waals surface area contributed by atoms with Crippen molar-refractivity contribution in [1.29, 1.82) is 0 Å². The van der Waals surface area contributed by atoms with E-state index in [4.69, 9.17) is 6.42 Å². The van der Waals surface area contributed by atoms with E-state index >= 15 is 0 Å². The van der Waals surface area contributed by atoms with Gasteiger partial charge in [-0.25, -0.2) is 0 Å². The van der Waals surface area contributed by atoms with Gasteiger partial charge in [0.1, 0.15) is 0 Å². The first-order valence-corrected chi connectivity index (χ1v) is 2.41. The standard InChI is InChI=1S/C8H5.CH3.Y/c1-2-8-6-4-3-5-7-8;;/h3-7H;1H3;/q2*-1;+3. The van der Waals surface area contributed by atoms with Crippen molar-refractivity contribution >= 4 is 0 Å². The summed E-state index contributed by atoms with van der Waals surface area (Å²) in [7, 11) is 0. The van der Waals surface area contributed by atoms with E-state index < -0.39 is 0 Å². The SMILES string of the molecule is [C-]#Cc1ccccc1.[CH3-].[Y+3]. The third kappa shape index (κ3) is 3.82. The van der Waals surface area contributed by atoms with Crippen LogP contribution in [0.2, 0.25) is 0 Å². The van der Waals surface area contributed by atoms with Crippen LogP contribution in [-0.2, 0) is 32.7 Å². The average molecular weight is 205 g/mol. The largest absolute Gasteiger partial charge is 3.00 e. The Labute approximate surface area is 87.9 Å². The van der Waals surface area contributed by atoms with Crippen molar-refractivity contribution < 1.29 is 32.7 Å². The molecule has 10 heavy (non-hydrogen) atoms. The topological polar surface area (TPSA) is 0 Å². The summed E-state index contributed by atoms with van der Waals surface area (Å²) in [5.74, 6) is 2.28. The van der Waals surface area contributed by atoms with Gasteiger partial charge in [0.25, 0.3) is 0 Å². The molecule has 0 saturated carbocycles. The molecular weight excluding hydrogens is 197 g/mol. The van der Waals surface area contributed by atoms with E-state index in [0.29, 0.717) is 0 Å². The molecule has 0 nitrogen and oxygen atoms in total. The summed E-state index contributed by atoms with van der Waals surface area (Å²) in [4.78, 5) is 0. The van der Waals surface area contributed by atoms with Crippen molar-refractivity contribution in [3.05, 3.63) is 49.7 Å². The second kappa shape index (κ2) is 7.00. The number of rotatable bonds is 0. The average Bonchev–Trinajstić information content (AvgIpc) is 1.90. The van der Waals surface area contributed by atoms with Crippen LogP contribution < -0.4 is 0 Å². The first-order valence-electron chi connectivity index (χ1n) is 2.41. The zero-order valence-corrected chi connectivity index (χ0v) is 8.80. The van der Waals surface area contributed by atoms with Crippen molar-refractivity contribution in [3.8, 4) is 5.92 Å². The van der Waals surface area contributed by atoms with Crippen LogP contribution >= 0.6 is 0 Å². The van der Waals surface area contributed by atoms with E-state index in [1.54, 1.807) is 0 Å². The molecule has 0 bridgehead atoms. The van der Waals surface area contributed by atoms with Gasteiger partial charge >= 0.3 is 32.7 Å². The van der Waals surface area contributed by atoms with E-state index in [0.717, 1.165) is 5.56 Å². The van der Waals surface area contributed by atoms with Crippen molar-refractivity contribution in [2.75, 3.05) is 0 Å².